The summed E-state index contributed by atoms with van der Waals surface area (Å²) in [5.74, 6) is 0.862. The monoisotopic (exact) mass is 352 g/mol. The van der Waals surface area contributed by atoms with Gasteiger partial charge in [-0.15, -0.1) is 0 Å². The molecule has 0 radical (unpaired) electrons. The normalized spacial score (nSPS) is 23.5. The number of carbonyl (C=O) groups excluding carboxylic acids is 1. The van der Waals surface area contributed by atoms with Gasteiger partial charge in [-0.1, -0.05) is 42.8 Å². The quantitative estimate of drug-likeness (QED) is 0.714. The number of nitrogens with one attached hydrogen (secondary N) is 2. The molecular weight excluding hydrogens is 332 g/mol. The van der Waals surface area contributed by atoms with Crippen molar-refractivity contribution in [2.75, 3.05) is 10.6 Å². The van der Waals surface area contributed by atoms with Crippen LogP contribution in [0.25, 0.3) is 0 Å². The fourth-order valence-corrected chi connectivity index (χ4v) is 4.15. The minimum atomic E-state index is 0.0408. The molecule has 0 saturated heterocycles. The van der Waals surface area contributed by atoms with Gasteiger partial charge in [-0.2, -0.15) is 0 Å². The fourth-order valence-electron chi connectivity index (χ4n) is 3.95. The predicted molar refractivity (Wildman–Crippen MR) is 103 cm³/mol. The van der Waals surface area contributed by atoms with Crippen LogP contribution in [0.3, 0.4) is 0 Å². The molecule has 2 aromatic carbocycles. The SMILES string of the molecule is CCC(=O)Nc1ccc2c(c1)C1C=CCC1C(c1cccc(Cl)c1)N2. The molecule has 4 rings (SSSR count). The summed E-state index contributed by atoms with van der Waals surface area (Å²) in [5, 5.41) is 7.43. The first-order chi connectivity index (χ1) is 12.2. The molecule has 0 aromatic heterocycles. The summed E-state index contributed by atoms with van der Waals surface area (Å²) >= 11 is 6.21. The van der Waals surface area contributed by atoms with Gasteiger partial charge in [0.15, 0.2) is 0 Å². The molecule has 1 aliphatic carbocycles. The zero-order valence-electron chi connectivity index (χ0n) is 14.1. The van der Waals surface area contributed by atoms with Crippen LogP contribution in [0.4, 0.5) is 11.4 Å². The van der Waals surface area contributed by atoms with Crippen LogP contribution in [-0.4, -0.2) is 5.91 Å². The number of hydrogen-bond acceptors (Lipinski definition) is 2. The Labute approximate surface area is 153 Å². The first-order valence-corrected chi connectivity index (χ1v) is 9.16. The Morgan fingerprint density at radius 1 is 1.28 bits per heavy atom. The van der Waals surface area contributed by atoms with Crippen LogP contribution >= 0.6 is 11.6 Å². The van der Waals surface area contributed by atoms with Crippen molar-refractivity contribution < 1.29 is 4.79 Å². The number of benzene rings is 2. The van der Waals surface area contributed by atoms with E-state index in [0.29, 0.717) is 18.3 Å². The van der Waals surface area contributed by atoms with E-state index in [9.17, 15) is 4.79 Å². The smallest absolute Gasteiger partial charge is 0.224 e. The minimum Gasteiger partial charge on any atom is -0.378 e. The zero-order chi connectivity index (χ0) is 17.4. The molecule has 0 spiro atoms. The fraction of sp³-hybridized carbons (Fsp3) is 0.286. The van der Waals surface area contributed by atoms with E-state index in [4.69, 9.17) is 11.6 Å². The van der Waals surface area contributed by atoms with E-state index >= 15 is 0 Å². The molecule has 3 nitrogen and oxygen atoms in total. The highest BCUT2D eigenvalue weighted by atomic mass is 35.5. The lowest BCUT2D eigenvalue weighted by Crippen LogP contribution is -2.29. The maximum Gasteiger partial charge on any atom is 0.224 e. The topological polar surface area (TPSA) is 41.1 Å². The van der Waals surface area contributed by atoms with E-state index in [2.05, 4.69) is 47.1 Å². The van der Waals surface area contributed by atoms with Gasteiger partial charge in [-0.3, -0.25) is 4.79 Å². The number of halogens is 1. The predicted octanol–water partition coefficient (Wildman–Crippen LogP) is 5.52. The van der Waals surface area contributed by atoms with Crippen LogP contribution in [-0.2, 0) is 4.79 Å². The molecule has 3 atom stereocenters. The highest BCUT2D eigenvalue weighted by Crippen LogP contribution is 2.50. The Balaban J connectivity index is 1.70. The van der Waals surface area contributed by atoms with E-state index in [1.807, 2.05) is 25.1 Å². The van der Waals surface area contributed by atoms with Gasteiger partial charge >= 0.3 is 0 Å². The number of carbonyl (C=O) groups is 1. The molecular formula is C21H21ClN2O. The van der Waals surface area contributed by atoms with Crippen molar-refractivity contribution in [2.24, 2.45) is 5.92 Å². The Hall–Kier alpha value is -2.26. The molecule has 0 bridgehead atoms. The van der Waals surface area contributed by atoms with Crippen molar-refractivity contribution >= 4 is 28.9 Å². The molecule has 2 aromatic rings. The standard InChI is InChI=1S/C21H21ClN2O/c1-2-20(25)23-15-9-10-19-18(12-15)16-7-4-8-17(16)21(24-19)13-5-3-6-14(22)11-13/h3-7,9-12,16-17,21,24H,2,8H2,1H3,(H,23,25). The highest BCUT2D eigenvalue weighted by molar-refractivity contribution is 6.30. The number of rotatable bonds is 3. The molecule has 0 fully saturated rings. The number of amides is 1. The maximum absolute atomic E-state index is 11.7. The number of anilines is 2. The Bertz CT molecular complexity index is 846. The second-order valence-electron chi connectivity index (χ2n) is 6.73. The summed E-state index contributed by atoms with van der Waals surface area (Å²) in [7, 11) is 0. The van der Waals surface area contributed by atoms with Gasteiger partial charge in [0.05, 0.1) is 6.04 Å². The van der Waals surface area contributed by atoms with Crippen LogP contribution < -0.4 is 10.6 Å². The minimum absolute atomic E-state index is 0.0408. The summed E-state index contributed by atoms with van der Waals surface area (Å²) in [5.41, 5.74) is 4.48. The maximum atomic E-state index is 11.7. The first-order valence-electron chi connectivity index (χ1n) is 8.78. The van der Waals surface area contributed by atoms with E-state index < -0.39 is 0 Å². The average Bonchev–Trinajstić information content (AvgIpc) is 3.11. The van der Waals surface area contributed by atoms with Gasteiger partial charge in [-0.05, 0) is 53.8 Å². The zero-order valence-corrected chi connectivity index (χ0v) is 14.9. The van der Waals surface area contributed by atoms with Crippen LogP contribution in [0.2, 0.25) is 5.02 Å². The lowest BCUT2D eigenvalue weighted by molar-refractivity contribution is -0.115. The molecule has 2 aliphatic rings. The van der Waals surface area contributed by atoms with Crippen molar-refractivity contribution in [3.63, 3.8) is 0 Å². The second kappa shape index (κ2) is 6.57. The van der Waals surface area contributed by atoms with Gasteiger partial charge in [-0.25, -0.2) is 0 Å². The molecule has 2 N–H and O–H groups in total. The van der Waals surface area contributed by atoms with E-state index in [0.717, 1.165) is 22.8 Å². The molecule has 1 heterocycles. The van der Waals surface area contributed by atoms with Crippen LogP contribution in [0.1, 0.15) is 42.9 Å². The summed E-state index contributed by atoms with van der Waals surface area (Å²) in [6.45, 7) is 1.86. The third-order valence-electron chi connectivity index (χ3n) is 5.18. The van der Waals surface area contributed by atoms with Crippen molar-refractivity contribution in [3.05, 3.63) is 70.8 Å². The van der Waals surface area contributed by atoms with Crippen molar-refractivity contribution in [2.45, 2.75) is 31.7 Å². The van der Waals surface area contributed by atoms with Gasteiger partial charge in [0.1, 0.15) is 0 Å². The van der Waals surface area contributed by atoms with Crippen molar-refractivity contribution in [1.29, 1.82) is 0 Å². The molecule has 0 saturated carbocycles. The van der Waals surface area contributed by atoms with Gasteiger partial charge in [0.25, 0.3) is 0 Å². The molecule has 4 heteroatoms. The average molecular weight is 353 g/mol. The third kappa shape index (κ3) is 3.05. The summed E-state index contributed by atoms with van der Waals surface area (Å²) in [4.78, 5) is 11.7. The Kier molecular flexibility index (Phi) is 4.26. The lowest BCUT2D eigenvalue weighted by Gasteiger charge is -2.37. The Morgan fingerprint density at radius 3 is 2.96 bits per heavy atom. The highest BCUT2D eigenvalue weighted by Gasteiger charge is 2.38. The Morgan fingerprint density at radius 2 is 2.16 bits per heavy atom. The van der Waals surface area contributed by atoms with Gasteiger partial charge in [0.2, 0.25) is 5.91 Å². The molecule has 128 valence electrons. The third-order valence-corrected chi connectivity index (χ3v) is 5.41. The number of hydrogen-bond donors (Lipinski definition) is 2. The van der Waals surface area contributed by atoms with E-state index in [-0.39, 0.29) is 11.9 Å². The largest absolute Gasteiger partial charge is 0.378 e. The number of allylic oxidation sites excluding steroid dienone is 2. The molecule has 25 heavy (non-hydrogen) atoms. The van der Waals surface area contributed by atoms with E-state index in [1.54, 1.807) is 0 Å². The van der Waals surface area contributed by atoms with Crippen molar-refractivity contribution in [1.82, 2.24) is 0 Å². The molecule has 1 aliphatic heterocycles. The van der Waals surface area contributed by atoms with Crippen molar-refractivity contribution in [3.8, 4) is 0 Å². The first kappa shape index (κ1) is 16.2. The van der Waals surface area contributed by atoms with Crippen LogP contribution in [0.5, 0.6) is 0 Å². The molecule has 3 unspecified atom stereocenters. The van der Waals surface area contributed by atoms with E-state index in [1.165, 1.54) is 11.1 Å². The van der Waals surface area contributed by atoms with Gasteiger partial charge in [0, 0.05) is 28.7 Å². The summed E-state index contributed by atoms with van der Waals surface area (Å²) < 4.78 is 0. The van der Waals surface area contributed by atoms with Gasteiger partial charge < -0.3 is 10.6 Å². The number of fused-ring (bicyclic) bond motifs is 3. The second-order valence-corrected chi connectivity index (χ2v) is 7.17. The lowest BCUT2D eigenvalue weighted by atomic mass is 9.77. The summed E-state index contributed by atoms with van der Waals surface area (Å²) in [6.07, 6.45) is 6.09. The molecule has 1 amide bonds. The van der Waals surface area contributed by atoms with Crippen LogP contribution in [0.15, 0.2) is 54.6 Å². The summed E-state index contributed by atoms with van der Waals surface area (Å²) in [6, 6.07) is 14.5. The van der Waals surface area contributed by atoms with Crippen LogP contribution in [0, 0.1) is 5.92 Å².